The second-order valence-corrected chi connectivity index (χ2v) is 13.6. The van der Waals surface area contributed by atoms with Gasteiger partial charge in [0.25, 0.3) is 10.0 Å². The Morgan fingerprint density at radius 1 is 0.956 bits per heavy atom. The first kappa shape index (κ1) is 32.3. The molecular weight excluding hydrogens is 588 g/mol. The van der Waals surface area contributed by atoms with E-state index in [2.05, 4.69) is 33.6 Å². The van der Waals surface area contributed by atoms with Crippen LogP contribution in [0.3, 0.4) is 0 Å². The predicted octanol–water partition coefficient (Wildman–Crippen LogP) is 5.71. The number of fused-ring (bicyclic) bond motifs is 1. The van der Waals surface area contributed by atoms with Crippen molar-refractivity contribution in [2.45, 2.75) is 63.5 Å². The second-order valence-electron chi connectivity index (χ2n) is 12.0. The average Bonchev–Trinajstić information content (AvgIpc) is 3.65. The quantitative estimate of drug-likeness (QED) is 0.196. The number of rotatable bonds is 13. The molecule has 0 spiro atoms. The molecule has 1 amide bonds. The summed E-state index contributed by atoms with van der Waals surface area (Å²) < 4.78 is 41.1. The maximum atomic E-state index is 12.8. The Hall–Kier alpha value is -4.08. The van der Waals surface area contributed by atoms with Gasteiger partial charge < -0.3 is 19.1 Å². The highest BCUT2D eigenvalue weighted by molar-refractivity contribution is 7.90. The van der Waals surface area contributed by atoms with Crippen LogP contribution in [0.25, 0.3) is 0 Å². The van der Waals surface area contributed by atoms with E-state index < -0.39 is 22.0 Å². The number of aromatic nitrogens is 1. The van der Waals surface area contributed by atoms with E-state index in [9.17, 15) is 18.3 Å². The minimum absolute atomic E-state index is 0.00659. The first-order valence-corrected chi connectivity index (χ1v) is 16.8. The van der Waals surface area contributed by atoms with Crippen molar-refractivity contribution >= 4 is 15.9 Å². The maximum absolute atomic E-state index is 12.8. The SMILES string of the molecule is COc1cc([C@@H](O)[C@@H](CC2Cc3ccccc3C2)Cn2cccc2CCC(=O)NS(=O)(=O)c2ccccc2C)cc(OC)c1C. The summed E-state index contributed by atoms with van der Waals surface area (Å²) in [6.45, 7) is 4.15. The summed E-state index contributed by atoms with van der Waals surface area (Å²) >= 11 is 0. The fourth-order valence-corrected chi connectivity index (χ4v) is 7.82. The van der Waals surface area contributed by atoms with Gasteiger partial charge in [-0.25, -0.2) is 13.1 Å². The summed E-state index contributed by atoms with van der Waals surface area (Å²) in [7, 11) is -0.741. The zero-order valence-electron chi connectivity index (χ0n) is 26.3. The molecule has 0 bridgehead atoms. The fraction of sp³-hybridized carbons (Fsp3) is 0.361. The van der Waals surface area contributed by atoms with Crippen molar-refractivity contribution in [1.29, 1.82) is 0 Å². The van der Waals surface area contributed by atoms with E-state index in [4.69, 9.17) is 9.47 Å². The lowest BCUT2D eigenvalue weighted by Gasteiger charge is -2.28. The van der Waals surface area contributed by atoms with Gasteiger partial charge in [-0.3, -0.25) is 4.79 Å². The summed E-state index contributed by atoms with van der Waals surface area (Å²) in [5, 5.41) is 11.9. The lowest BCUT2D eigenvalue weighted by molar-refractivity contribution is -0.119. The minimum Gasteiger partial charge on any atom is -0.496 e. The number of ether oxygens (including phenoxy) is 2. The van der Waals surface area contributed by atoms with Crippen molar-refractivity contribution in [3.8, 4) is 11.5 Å². The van der Waals surface area contributed by atoms with Crippen LogP contribution >= 0.6 is 0 Å². The Kier molecular flexibility index (Phi) is 9.99. The highest BCUT2D eigenvalue weighted by atomic mass is 32.2. The number of benzene rings is 3. The summed E-state index contributed by atoms with van der Waals surface area (Å²) in [6, 6.07) is 22.7. The summed E-state index contributed by atoms with van der Waals surface area (Å²) in [5.74, 6) is 0.980. The largest absolute Gasteiger partial charge is 0.496 e. The standard InChI is InChI=1S/C36H42N2O6S/c1-24-10-5-8-14-34(24)45(41,42)37-35(39)16-15-31-13-9-17-38(31)23-30(20-26-18-27-11-6-7-12-28(27)19-26)36(40)29-21-32(43-3)25(2)33(22-29)44-4/h5-14,17,21-22,26,30,36,40H,15-16,18-20,23H2,1-4H3,(H,37,39)/t30-,36+/m0/s1. The molecule has 9 heteroatoms. The van der Waals surface area contributed by atoms with Crippen molar-refractivity contribution in [1.82, 2.24) is 9.29 Å². The van der Waals surface area contributed by atoms with Gasteiger partial charge in [0.2, 0.25) is 5.91 Å². The Morgan fingerprint density at radius 2 is 1.58 bits per heavy atom. The molecule has 1 aromatic heterocycles. The molecule has 2 N–H and O–H groups in total. The van der Waals surface area contributed by atoms with Gasteiger partial charge in [0.05, 0.1) is 25.2 Å². The van der Waals surface area contributed by atoms with Crippen LogP contribution in [0, 0.1) is 25.7 Å². The minimum atomic E-state index is -3.96. The molecule has 3 aromatic carbocycles. The van der Waals surface area contributed by atoms with Gasteiger partial charge in [-0.15, -0.1) is 0 Å². The number of nitrogens with zero attached hydrogens (tertiary/aromatic N) is 1. The van der Waals surface area contributed by atoms with Crippen molar-refractivity contribution in [3.05, 3.63) is 113 Å². The van der Waals surface area contributed by atoms with Crippen LogP contribution in [-0.4, -0.2) is 38.2 Å². The van der Waals surface area contributed by atoms with Crippen LogP contribution in [0.5, 0.6) is 11.5 Å². The lowest BCUT2D eigenvalue weighted by atomic mass is 9.85. The van der Waals surface area contributed by atoms with Crippen LogP contribution in [0.1, 0.15) is 52.5 Å². The number of aliphatic hydroxyl groups excluding tert-OH is 1. The van der Waals surface area contributed by atoms with Crippen LogP contribution < -0.4 is 14.2 Å². The third-order valence-corrected chi connectivity index (χ3v) is 10.5. The van der Waals surface area contributed by atoms with E-state index in [0.29, 0.717) is 35.9 Å². The fourth-order valence-electron chi connectivity index (χ4n) is 6.56. The van der Waals surface area contributed by atoms with Crippen LogP contribution in [-0.2, 0) is 40.6 Å². The van der Waals surface area contributed by atoms with Gasteiger partial charge in [0, 0.05) is 36.3 Å². The Morgan fingerprint density at radius 3 is 2.20 bits per heavy atom. The van der Waals surface area contributed by atoms with Gasteiger partial charge in [-0.05, 0) is 98.0 Å². The van der Waals surface area contributed by atoms with Crippen LogP contribution in [0.2, 0.25) is 0 Å². The molecule has 238 valence electrons. The third kappa shape index (κ3) is 7.43. The molecule has 0 saturated carbocycles. The summed E-state index contributed by atoms with van der Waals surface area (Å²) in [4.78, 5) is 12.9. The van der Waals surface area contributed by atoms with Gasteiger partial charge in [-0.2, -0.15) is 0 Å². The smallest absolute Gasteiger partial charge is 0.264 e. The first-order valence-electron chi connectivity index (χ1n) is 15.3. The number of aliphatic hydroxyl groups is 1. The number of amides is 1. The average molecular weight is 631 g/mol. The zero-order chi connectivity index (χ0) is 32.1. The molecule has 1 aliphatic rings. The monoisotopic (exact) mass is 630 g/mol. The zero-order valence-corrected chi connectivity index (χ0v) is 27.1. The van der Waals surface area contributed by atoms with Gasteiger partial charge >= 0.3 is 0 Å². The number of nitrogens with one attached hydrogen (secondary N) is 1. The molecule has 0 radical (unpaired) electrons. The number of carbonyl (C=O) groups is 1. The number of hydrogen-bond acceptors (Lipinski definition) is 6. The maximum Gasteiger partial charge on any atom is 0.264 e. The van der Waals surface area contributed by atoms with Crippen LogP contribution in [0.4, 0.5) is 0 Å². The Balaban J connectivity index is 1.34. The number of carbonyl (C=O) groups excluding carboxylic acids is 1. The predicted molar refractivity (Wildman–Crippen MR) is 174 cm³/mol. The van der Waals surface area contributed by atoms with E-state index >= 15 is 0 Å². The van der Waals surface area contributed by atoms with Gasteiger partial charge in [0.15, 0.2) is 0 Å². The normalized spacial score (nSPS) is 14.5. The molecule has 1 heterocycles. The highest BCUT2D eigenvalue weighted by Crippen LogP contribution is 2.39. The Labute approximate surface area is 266 Å². The number of sulfonamides is 1. The van der Waals surface area contributed by atoms with Crippen molar-refractivity contribution in [3.63, 3.8) is 0 Å². The summed E-state index contributed by atoms with van der Waals surface area (Å²) in [5.41, 5.74) is 5.79. The molecule has 8 nitrogen and oxygen atoms in total. The summed E-state index contributed by atoms with van der Waals surface area (Å²) in [6.07, 6.45) is 4.24. The number of hydrogen-bond donors (Lipinski definition) is 2. The molecule has 45 heavy (non-hydrogen) atoms. The van der Waals surface area contributed by atoms with E-state index in [-0.39, 0.29) is 17.2 Å². The Bertz CT molecular complexity index is 1710. The second kappa shape index (κ2) is 13.9. The number of methoxy groups -OCH3 is 2. The van der Waals surface area contributed by atoms with Gasteiger partial charge in [-0.1, -0.05) is 42.5 Å². The van der Waals surface area contributed by atoms with Gasteiger partial charge in [0.1, 0.15) is 11.5 Å². The third-order valence-electron chi connectivity index (χ3n) is 8.93. The number of aryl methyl sites for hydroxylation is 2. The van der Waals surface area contributed by atoms with Crippen LogP contribution in [0.15, 0.2) is 83.9 Å². The van der Waals surface area contributed by atoms with E-state index in [0.717, 1.165) is 36.1 Å². The molecule has 4 aromatic rings. The topological polar surface area (TPSA) is 107 Å². The van der Waals surface area contributed by atoms with Crippen molar-refractivity contribution in [2.75, 3.05) is 14.2 Å². The highest BCUT2D eigenvalue weighted by Gasteiger charge is 2.30. The van der Waals surface area contributed by atoms with Crippen molar-refractivity contribution < 1.29 is 27.8 Å². The van der Waals surface area contributed by atoms with Crippen molar-refractivity contribution in [2.24, 2.45) is 11.8 Å². The molecular formula is C36H42N2O6S. The van der Waals surface area contributed by atoms with E-state index in [1.807, 2.05) is 37.4 Å². The molecule has 5 rings (SSSR count). The molecule has 0 unspecified atom stereocenters. The lowest BCUT2D eigenvalue weighted by Crippen LogP contribution is -2.31. The first-order chi connectivity index (χ1) is 21.6. The van der Waals surface area contributed by atoms with E-state index in [1.54, 1.807) is 39.3 Å². The van der Waals surface area contributed by atoms with E-state index in [1.165, 1.54) is 17.2 Å². The molecule has 2 atom stereocenters. The molecule has 0 fully saturated rings. The molecule has 0 aliphatic heterocycles. The molecule has 1 aliphatic carbocycles. The molecule has 0 saturated heterocycles.